The molecule has 0 bridgehead atoms. The van der Waals surface area contributed by atoms with Crippen LogP contribution in [0, 0.1) is 11.8 Å². The molecule has 0 radical (unpaired) electrons. The minimum Gasteiger partial charge on any atom is -0.387 e. The number of aliphatic hydroxyl groups excluding tert-OH is 2. The van der Waals surface area contributed by atoms with Gasteiger partial charge in [-0.1, -0.05) is 5.92 Å². The standard InChI is InChI=1S/C23H26N8O5/c1-12(2)30(22(35)13-6-4-8-26-10-13)9-5-7-14-28-19(24)15-20(29-14)31(11-27-15)23-17(33)16(32)18(36-23)21(34)25-3/h4,6,8,10-12,16-18,23,32-33H,9H2,1-3H3,(H,25,34)(H2,24,28,29)/t16-,17+,18?,23?/m0/s1. The summed E-state index contributed by atoms with van der Waals surface area (Å²) in [6.45, 7) is 3.86. The number of aliphatic hydroxyl groups is 2. The Morgan fingerprint density at radius 3 is 2.75 bits per heavy atom. The third-order valence-electron chi connectivity index (χ3n) is 5.71. The Hall–Kier alpha value is -4.12. The molecular weight excluding hydrogens is 468 g/mol. The van der Waals surface area contributed by atoms with Gasteiger partial charge in [-0.15, -0.1) is 0 Å². The molecule has 3 aromatic heterocycles. The third-order valence-corrected chi connectivity index (χ3v) is 5.71. The second-order valence-corrected chi connectivity index (χ2v) is 8.37. The lowest BCUT2D eigenvalue weighted by molar-refractivity contribution is -0.137. The SMILES string of the molecule is CNC(=O)C1OC(n2cnc3c(N)nc(C#CCN(C(=O)c4cccnc4)C(C)C)nc32)[C@H](O)[C@@H]1O. The average Bonchev–Trinajstić information content (AvgIpc) is 3.42. The molecular formula is C23H26N8O5. The van der Waals surface area contributed by atoms with Crippen LogP contribution in [-0.4, -0.2) is 89.4 Å². The minimum absolute atomic E-state index is 0.0473. The smallest absolute Gasteiger partial charge is 0.256 e. The Kier molecular flexibility index (Phi) is 7.11. The molecule has 1 aliphatic rings. The fraction of sp³-hybridized carbons (Fsp3) is 0.391. The number of pyridine rings is 1. The molecule has 4 rings (SSSR count). The summed E-state index contributed by atoms with van der Waals surface area (Å²) in [5.74, 6) is 5.04. The number of hydrogen-bond donors (Lipinski definition) is 4. The van der Waals surface area contributed by atoms with Crippen molar-refractivity contribution in [1.82, 2.24) is 34.7 Å². The van der Waals surface area contributed by atoms with Gasteiger partial charge >= 0.3 is 0 Å². The normalized spacial score (nSPS) is 21.3. The first-order chi connectivity index (χ1) is 17.2. The zero-order chi connectivity index (χ0) is 26.0. The van der Waals surface area contributed by atoms with Crippen LogP contribution >= 0.6 is 0 Å². The van der Waals surface area contributed by atoms with Crippen molar-refractivity contribution in [2.45, 2.75) is 44.4 Å². The predicted octanol–water partition coefficient (Wildman–Crippen LogP) is -0.929. The molecule has 0 aliphatic carbocycles. The Bertz CT molecular complexity index is 1330. The number of anilines is 1. The summed E-state index contributed by atoms with van der Waals surface area (Å²) in [5, 5.41) is 23.1. The van der Waals surface area contributed by atoms with Crippen molar-refractivity contribution < 1.29 is 24.5 Å². The van der Waals surface area contributed by atoms with E-state index in [2.05, 4.69) is 37.1 Å². The topological polar surface area (TPSA) is 182 Å². The second-order valence-electron chi connectivity index (χ2n) is 8.37. The number of nitrogens with one attached hydrogen (secondary N) is 1. The lowest BCUT2D eigenvalue weighted by atomic mass is 10.1. The number of hydrogen-bond acceptors (Lipinski definition) is 10. The lowest BCUT2D eigenvalue weighted by Crippen LogP contribution is -2.41. The molecule has 0 aromatic carbocycles. The van der Waals surface area contributed by atoms with Crippen LogP contribution in [0.5, 0.6) is 0 Å². The Morgan fingerprint density at radius 1 is 1.31 bits per heavy atom. The summed E-state index contributed by atoms with van der Waals surface area (Å²) in [4.78, 5) is 43.1. The van der Waals surface area contributed by atoms with Gasteiger partial charge < -0.3 is 30.9 Å². The zero-order valence-corrected chi connectivity index (χ0v) is 19.9. The van der Waals surface area contributed by atoms with E-state index in [1.807, 2.05) is 13.8 Å². The van der Waals surface area contributed by atoms with E-state index in [0.29, 0.717) is 5.56 Å². The van der Waals surface area contributed by atoms with Crippen molar-refractivity contribution in [2.24, 2.45) is 0 Å². The Balaban J connectivity index is 1.60. The van der Waals surface area contributed by atoms with Gasteiger partial charge in [0.05, 0.1) is 18.4 Å². The summed E-state index contributed by atoms with van der Waals surface area (Å²) in [6.07, 6.45) is -0.879. The second kappa shape index (κ2) is 10.2. The van der Waals surface area contributed by atoms with Gasteiger partial charge in [0.1, 0.15) is 17.7 Å². The van der Waals surface area contributed by atoms with Gasteiger partial charge in [-0.25, -0.2) is 15.0 Å². The largest absolute Gasteiger partial charge is 0.387 e. The molecule has 2 unspecified atom stereocenters. The van der Waals surface area contributed by atoms with Crippen molar-refractivity contribution in [2.75, 3.05) is 19.3 Å². The predicted molar refractivity (Wildman–Crippen MR) is 127 cm³/mol. The number of nitrogens with two attached hydrogens (primary N) is 1. The number of imidazole rings is 1. The van der Waals surface area contributed by atoms with Crippen LogP contribution in [0.3, 0.4) is 0 Å². The molecule has 4 atom stereocenters. The molecule has 1 aliphatic heterocycles. The van der Waals surface area contributed by atoms with Crippen molar-refractivity contribution in [1.29, 1.82) is 0 Å². The maximum Gasteiger partial charge on any atom is 0.256 e. The van der Waals surface area contributed by atoms with Crippen LogP contribution in [0.2, 0.25) is 0 Å². The van der Waals surface area contributed by atoms with E-state index in [-0.39, 0.29) is 41.3 Å². The number of carbonyl (C=O) groups excluding carboxylic acids is 2. The van der Waals surface area contributed by atoms with Crippen LogP contribution in [0.4, 0.5) is 5.82 Å². The summed E-state index contributed by atoms with van der Waals surface area (Å²) < 4.78 is 6.97. The fourth-order valence-electron chi connectivity index (χ4n) is 3.78. The van der Waals surface area contributed by atoms with Crippen LogP contribution in [0.25, 0.3) is 11.2 Å². The van der Waals surface area contributed by atoms with Gasteiger partial charge in [0.15, 0.2) is 23.8 Å². The van der Waals surface area contributed by atoms with Crippen molar-refractivity contribution in [3.05, 3.63) is 42.2 Å². The van der Waals surface area contributed by atoms with Gasteiger partial charge in [-0.3, -0.25) is 19.1 Å². The highest BCUT2D eigenvalue weighted by molar-refractivity contribution is 5.94. The number of nitrogens with zero attached hydrogens (tertiary/aromatic N) is 6. The van der Waals surface area contributed by atoms with Gasteiger partial charge in [0.25, 0.3) is 11.8 Å². The van der Waals surface area contributed by atoms with Crippen LogP contribution < -0.4 is 11.1 Å². The first-order valence-electron chi connectivity index (χ1n) is 11.2. The van der Waals surface area contributed by atoms with Gasteiger partial charge in [-0.2, -0.15) is 0 Å². The molecule has 188 valence electrons. The summed E-state index contributed by atoms with van der Waals surface area (Å²) in [7, 11) is 1.40. The van der Waals surface area contributed by atoms with Crippen LogP contribution in [0.1, 0.15) is 36.3 Å². The number of rotatable bonds is 5. The number of likely N-dealkylation sites (N-methyl/N-ethyl adjacent to an activating group) is 1. The van der Waals surface area contributed by atoms with E-state index < -0.39 is 30.4 Å². The first-order valence-corrected chi connectivity index (χ1v) is 11.2. The van der Waals surface area contributed by atoms with E-state index in [1.54, 1.807) is 23.2 Å². The van der Waals surface area contributed by atoms with Gasteiger partial charge in [-0.05, 0) is 31.9 Å². The monoisotopic (exact) mass is 494 g/mol. The molecule has 5 N–H and O–H groups in total. The molecule has 1 saturated heterocycles. The van der Waals surface area contributed by atoms with Gasteiger partial charge in [0.2, 0.25) is 5.82 Å². The maximum absolute atomic E-state index is 12.8. The van der Waals surface area contributed by atoms with Gasteiger partial charge in [0, 0.05) is 25.5 Å². The van der Waals surface area contributed by atoms with E-state index >= 15 is 0 Å². The molecule has 3 aromatic rings. The molecule has 0 saturated carbocycles. The molecule has 0 spiro atoms. The highest BCUT2D eigenvalue weighted by Crippen LogP contribution is 2.32. The molecule has 1 fully saturated rings. The number of aromatic nitrogens is 5. The third kappa shape index (κ3) is 4.69. The highest BCUT2D eigenvalue weighted by atomic mass is 16.6. The van der Waals surface area contributed by atoms with Crippen molar-refractivity contribution in [3.63, 3.8) is 0 Å². The Labute approximate surface area is 206 Å². The zero-order valence-electron chi connectivity index (χ0n) is 19.9. The number of carbonyl (C=O) groups is 2. The summed E-state index contributed by atoms with van der Waals surface area (Å²) in [5.41, 5.74) is 6.94. The quantitative estimate of drug-likeness (QED) is 0.323. The number of ether oxygens (including phenoxy) is 1. The van der Waals surface area contributed by atoms with E-state index in [9.17, 15) is 19.8 Å². The number of nitrogen functional groups attached to an aromatic ring is 1. The van der Waals surface area contributed by atoms with Crippen LogP contribution in [0.15, 0.2) is 30.9 Å². The molecule has 4 heterocycles. The number of fused-ring (bicyclic) bond motifs is 1. The average molecular weight is 495 g/mol. The summed E-state index contributed by atoms with van der Waals surface area (Å²) >= 11 is 0. The molecule has 2 amide bonds. The maximum atomic E-state index is 12.8. The lowest BCUT2D eigenvalue weighted by Gasteiger charge is -2.24. The van der Waals surface area contributed by atoms with Crippen LogP contribution in [-0.2, 0) is 9.53 Å². The Morgan fingerprint density at radius 2 is 2.08 bits per heavy atom. The molecule has 36 heavy (non-hydrogen) atoms. The first kappa shape index (κ1) is 25.0. The highest BCUT2D eigenvalue weighted by Gasteiger charge is 2.47. The van der Waals surface area contributed by atoms with Crippen molar-refractivity contribution >= 4 is 28.8 Å². The molecule has 13 heteroatoms. The minimum atomic E-state index is -1.45. The van der Waals surface area contributed by atoms with E-state index in [0.717, 1.165) is 0 Å². The van der Waals surface area contributed by atoms with Crippen molar-refractivity contribution in [3.8, 4) is 11.8 Å². The summed E-state index contributed by atoms with van der Waals surface area (Å²) in [6, 6.07) is 3.25. The van der Waals surface area contributed by atoms with E-state index in [1.165, 1.54) is 24.1 Å². The van der Waals surface area contributed by atoms with E-state index in [4.69, 9.17) is 10.5 Å². The fourth-order valence-corrected chi connectivity index (χ4v) is 3.78. The number of amides is 2. The molecule has 13 nitrogen and oxygen atoms in total.